The van der Waals surface area contributed by atoms with E-state index >= 15 is 8.78 Å². The maximum absolute atomic E-state index is 15.0. The molecule has 0 amide bonds. The number of hydrogen-bond acceptors (Lipinski definition) is 3. The third-order valence-electron chi connectivity index (χ3n) is 12.2. The van der Waals surface area contributed by atoms with Gasteiger partial charge < -0.3 is 5.11 Å². The molecule has 246 valence electrons. The Balaban J connectivity index is 1.23. The van der Waals surface area contributed by atoms with Gasteiger partial charge >= 0.3 is 12.1 Å². The number of hydrogen-bond donors (Lipinski definition) is 1. The van der Waals surface area contributed by atoms with Crippen LogP contribution in [0.3, 0.4) is 0 Å². The van der Waals surface area contributed by atoms with E-state index in [4.69, 9.17) is 11.6 Å². The van der Waals surface area contributed by atoms with Gasteiger partial charge in [-0.25, -0.2) is 0 Å². The highest BCUT2D eigenvalue weighted by Gasteiger charge is 2.79. The number of alkyl halides is 5. The normalized spacial score (nSPS) is 35.6. The Morgan fingerprint density at radius 3 is 2.30 bits per heavy atom. The molecule has 0 aliphatic heterocycles. The van der Waals surface area contributed by atoms with E-state index in [0.29, 0.717) is 25.7 Å². The van der Waals surface area contributed by atoms with E-state index in [1.807, 2.05) is 30.3 Å². The highest BCUT2D eigenvalue weighted by molar-refractivity contribution is 7.99. The predicted octanol–water partition coefficient (Wildman–Crippen LogP) is 10.8. The largest absolute Gasteiger partial charge is 0.456 e. The molecule has 9 heteroatoms. The molecule has 1 N–H and O–H groups in total. The molecular weight excluding hydrogens is 615 g/mol. The third kappa shape index (κ3) is 5.91. The van der Waals surface area contributed by atoms with E-state index < -0.39 is 35.5 Å². The van der Waals surface area contributed by atoms with E-state index in [9.17, 15) is 23.1 Å². The van der Waals surface area contributed by atoms with E-state index in [2.05, 4.69) is 6.92 Å². The lowest BCUT2D eigenvalue weighted by Gasteiger charge is -2.62. The number of fused-ring (bicyclic) bond motifs is 5. The lowest BCUT2D eigenvalue weighted by Crippen LogP contribution is -2.66. The zero-order chi connectivity index (χ0) is 32.0. The molecule has 2 unspecified atom stereocenters. The minimum atomic E-state index is -5.80. The number of carbonyl (C=O) groups is 1. The Hall–Kier alpha value is -1.12. The van der Waals surface area contributed by atoms with Crippen molar-refractivity contribution < 1.29 is 31.9 Å². The average Bonchev–Trinajstić information content (AvgIpc) is 3.24. The summed E-state index contributed by atoms with van der Waals surface area (Å²) in [6.45, 7) is 3.68. The summed E-state index contributed by atoms with van der Waals surface area (Å²) in [6.07, 6.45) is 5.45. The number of unbranched alkanes of at least 4 members (excludes halogenated alkanes) is 5. The summed E-state index contributed by atoms with van der Waals surface area (Å²) in [5.41, 5.74) is -3.73. The van der Waals surface area contributed by atoms with Gasteiger partial charge in [0.25, 0.3) is 0 Å². The molecule has 5 rings (SSSR count). The second-order valence-corrected chi connectivity index (χ2v) is 16.0. The van der Waals surface area contributed by atoms with Crippen molar-refractivity contribution in [1.82, 2.24) is 0 Å². The summed E-state index contributed by atoms with van der Waals surface area (Å²) < 4.78 is 71.0. The third-order valence-corrected chi connectivity index (χ3v) is 13.8. The highest BCUT2D eigenvalue weighted by atomic mass is 35.5. The number of ketones is 1. The topological polar surface area (TPSA) is 37.3 Å². The van der Waals surface area contributed by atoms with Crippen LogP contribution in [0.5, 0.6) is 0 Å². The fourth-order valence-electron chi connectivity index (χ4n) is 9.73. The van der Waals surface area contributed by atoms with Gasteiger partial charge in [-0.05, 0) is 104 Å². The molecule has 0 heterocycles. The molecule has 44 heavy (non-hydrogen) atoms. The number of rotatable bonds is 11. The Morgan fingerprint density at radius 2 is 1.59 bits per heavy atom. The van der Waals surface area contributed by atoms with Gasteiger partial charge in [0, 0.05) is 16.7 Å². The summed E-state index contributed by atoms with van der Waals surface area (Å²) in [6, 6.07) is 7.86. The van der Waals surface area contributed by atoms with Crippen LogP contribution in [0.2, 0.25) is 5.02 Å². The minimum absolute atomic E-state index is 0.0380. The van der Waals surface area contributed by atoms with E-state index in [0.717, 1.165) is 66.2 Å². The zero-order valence-electron chi connectivity index (χ0n) is 25.8. The second kappa shape index (κ2) is 12.8. The van der Waals surface area contributed by atoms with Crippen LogP contribution in [0.25, 0.3) is 0 Å². The van der Waals surface area contributed by atoms with Gasteiger partial charge in [0.2, 0.25) is 0 Å². The molecule has 2 nitrogen and oxygen atoms in total. The maximum atomic E-state index is 15.0. The van der Waals surface area contributed by atoms with Gasteiger partial charge in [0.05, 0.1) is 5.02 Å². The Morgan fingerprint density at radius 1 is 0.932 bits per heavy atom. The first-order valence-electron chi connectivity index (χ1n) is 16.4. The summed E-state index contributed by atoms with van der Waals surface area (Å²) in [5, 5.41) is 12.1. The van der Waals surface area contributed by atoms with Crippen molar-refractivity contribution in [3.8, 4) is 0 Å². The van der Waals surface area contributed by atoms with Gasteiger partial charge in [0.15, 0.2) is 5.78 Å². The summed E-state index contributed by atoms with van der Waals surface area (Å²) >= 11 is 8.01. The standard InChI is InChI=1S/C35H46ClF5O2S/c1-31-17-14-25(42)22-24(31)21-23(11-7-5-3-4-6-10-20-44-29-13-9-8-12-28(29)36)30-26(31)15-18-32(2)27(30)16-19-33(32,43)34(37,38)35(39,40)41/h8-9,12-13,22-23,26-27,30,43H,3-7,10-11,14-21H2,1-2H3/t23?,26-,27+,30-,31+,32+,33?/m1/s1. The summed E-state index contributed by atoms with van der Waals surface area (Å²) in [7, 11) is 0. The maximum Gasteiger partial charge on any atom is 0.456 e. The van der Waals surface area contributed by atoms with Crippen molar-refractivity contribution in [3.05, 3.63) is 40.9 Å². The fourth-order valence-corrected chi connectivity index (χ4v) is 11.0. The molecule has 1 aromatic carbocycles. The van der Waals surface area contributed by atoms with Crippen LogP contribution >= 0.6 is 23.4 Å². The van der Waals surface area contributed by atoms with E-state index in [-0.39, 0.29) is 41.8 Å². The number of carbonyl (C=O) groups excluding carboxylic acids is 1. The number of aliphatic hydroxyl groups is 1. The first-order valence-corrected chi connectivity index (χ1v) is 17.8. The Labute approximate surface area is 268 Å². The van der Waals surface area contributed by atoms with Crippen LogP contribution in [-0.4, -0.2) is 34.3 Å². The lowest BCUT2D eigenvalue weighted by molar-refractivity contribution is -0.364. The predicted molar refractivity (Wildman–Crippen MR) is 166 cm³/mol. The molecular formula is C35H46ClF5O2S. The first kappa shape index (κ1) is 34.2. The van der Waals surface area contributed by atoms with Gasteiger partial charge in [-0.2, -0.15) is 22.0 Å². The SMILES string of the molecule is C[C@]12CCC(=O)C=C1CC(CCCCCCCCSc1ccccc1Cl)[C@@H]1[C@H]2CC[C@@]2(C)[C@H]1CCC2(O)C(F)(F)C(F)(F)F. The molecule has 0 saturated heterocycles. The molecule has 7 atom stereocenters. The van der Waals surface area contributed by atoms with Crippen molar-refractivity contribution >= 4 is 29.1 Å². The minimum Gasteiger partial charge on any atom is -0.383 e. The molecule has 1 aromatic rings. The van der Waals surface area contributed by atoms with Crippen molar-refractivity contribution in [2.75, 3.05) is 5.75 Å². The first-order chi connectivity index (χ1) is 20.7. The second-order valence-electron chi connectivity index (χ2n) is 14.4. The van der Waals surface area contributed by atoms with Crippen LogP contribution in [0.1, 0.15) is 104 Å². The highest BCUT2D eigenvalue weighted by Crippen LogP contribution is 2.72. The molecule has 4 aliphatic rings. The van der Waals surface area contributed by atoms with Gasteiger partial charge in [-0.3, -0.25) is 4.79 Å². The van der Waals surface area contributed by atoms with Crippen LogP contribution in [0.4, 0.5) is 22.0 Å². The molecule has 0 bridgehead atoms. The quantitative estimate of drug-likeness (QED) is 0.146. The van der Waals surface area contributed by atoms with Gasteiger partial charge in [-0.1, -0.05) is 75.3 Å². The van der Waals surface area contributed by atoms with Crippen LogP contribution in [-0.2, 0) is 4.79 Å². The average molecular weight is 661 g/mol. The Kier molecular flexibility index (Phi) is 9.97. The smallest absolute Gasteiger partial charge is 0.383 e. The van der Waals surface area contributed by atoms with Gasteiger partial charge in [0.1, 0.15) is 5.60 Å². The summed E-state index contributed by atoms with van der Waals surface area (Å²) in [5.74, 6) is -4.23. The van der Waals surface area contributed by atoms with Crippen LogP contribution < -0.4 is 0 Å². The molecule has 3 saturated carbocycles. The van der Waals surface area contributed by atoms with E-state index in [1.54, 1.807) is 11.8 Å². The van der Waals surface area contributed by atoms with Crippen LogP contribution in [0.15, 0.2) is 40.8 Å². The molecule has 3 fully saturated rings. The number of allylic oxidation sites excluding steroid dienone is 1. The van der Waals surface area contributed by atoms with E-state index in [1.165, 1.54) is 6.92 Å². The number of thioether (sulfide) groups is 1. The molecule has 0 radical (unpaired) electrons. The number of benzene rings is 1. The summed E-state index contributed by atoms with van der Waals surface area (Å²) in [4.78, 5) is 13.6. The van der Waals surface area contributed by atoms with Crippen molar-refractivity contribution in [1.29, 1.82) is 0 Å². The van der Waals surface area contributed by atoms with Gasteiger partial charge in [-0.15, -0.1) is 11.8 Å². The molecule has 0 aromatic heterocycles. The van der Waals surface area contributed by atoms with Crippen molar-refractivity contribution in [3.63, 3.8) is 0 Å². The molecule has 4 aliphatic carbocycles. The monoisotopic (exact) mass is 660 g/mol. The zero-order valence-corrected chi connectivity index (χ0v) is 27.4. The number of halogens is 6. The van der Waals surface area contributed by atoms with Crippen LogP contribution in [0, 0.1) is 34.5 Å². The Bertz CT molecular complexity index is 1240. The van der Waals surface area contributed by atoms with Crippen molar-refractivity contribution in [2.24, 2.45) is 34.5 Å². The molecule has 0 spiro atoms. The lowest BCUT2D eigenvalue weighted by atomic mass is 9.43. The fraction of sp³-hybridized carbons (Fsp3) is 0.743. The van der Waals surface area contributed by atoms with Crippen molar-refractivity contribution in [2.45, 2.75) is 126 Å².